The normalized spacial score (nSPS) is 24.2. The Hall–Kier alpha value is -0.530. The van der Waals surface area contributed by atoms with Crippen LogP contribution < -0.4 is 0 Å². The Labute approximate surface area is 81.3 Å². The molecule has 0 aromatic carbocycles. The van der Waals surface area contributed by atoms with E-state index < -0.39 is 0 Å². The van der Waals surface area contributed by atoms with Crippen LogP contribution in [-0.2, 0) is 4.79 Å². The topological polar surface area (TPSA) is 20.3 Å². The number of likely N-dealkylation sites (tertiary alicyclic amines) is 1. The molecule has 0 spiro atoms. The molecule has 1 aliphatic heterocycles. The quantitative estimate of drug-likeness (QED) is 0.658. The van der Waals surface area contributed by atoms with Gasteiger partial charge in [-0.1, -0.05) is 20.8 Å². The molecule has 1 amide bonds. The van der Waals surface area contributed by atoms with Gasteiger partial charge >= 0.3 is 0 Å². The molecule has 0 aromatic rings. The van der Waals surface area contributed by atoms with Gasteiger partial charge in [0.2, 0.25) is 5.91 Å². The molecule has 0 bridgehead atoms. The third kappa shape index (κ3) is 2.45. The van der Waals surface area contributed by atoms with Gasteiger partial charge in [-0.3, -0.25) is 4.79 Å². The molecular weight excluding hydrogens is 162 g/mol. The number of hydrogen-bond acceptors (Lipinski definition) is 1. The summed E-state index contributed by atoms with van der Waals surface area (Å²) in [7, 11) is 0. The van der Waals surface area contributed by atoms with Crippen LogP contribution in [0.25, 0.3) is 0 Å². The van der Waals surface area contributed by atoms with Gasteiger partial charge in [0.1, 0.15) is 0 Å². The SMILES string of the molecule is CCCN1C(=O)CCCC1C(C)C. The second kappa shape index (κ2) is 4.64. The Bertz CT molecular complexity index is 177. The zero-order chi connectivity index (χ0) is 9.84. The Balaban J connectivity index is 2.62. The van der Waals surface area contributed by atoms with Crippen molar-refractivity contribution in [3.05, 3.63) is 0 Å². The highest BCUT2D eigenvalue weighted by Gasteiger charge is 2.28. The van der Waals surface area contributed by atoms with Crippen LogP contribution in [0.3, 0.4) is 0 Å². The van der Waals surface area contributed by atoms with Crippen LogP contribution in [0.1, 0.15) is 46.5 Å². The van der Waals surface area contributed by atoms with Crippen molar-refractivity contribution in [2.45, 2.75) is 52.5 Å². The maximum absolute atomic E-state index is 11.6. The number of amides is 1. The fourth-order valence-electron chi connectivity index (χ4n) is 2.17. The smallest absolute Gasteiger partial charge is 0.222 e. The lowest BCUT2D eigenvalue weighted by Crippen LogP contribution is -2.46. The minimum absolute atomic E-state index is 0.367. The molecule has 1 fully saturated rings. The van der Waals surface area contributed by atoms with Crippen LogP contribution in [-0.4, -0.2) is 23.4 Å². The lowest BCUT2D eigenvalue weighted by atomic mass is 9.92. The lowest BCUT2D eigenvalue weighted by molar-refractivity contribution is -0.137. The number of hydrogen-bond donors (Lipinski definition) is 0. The molecular formula is C11H21NO. The van der Waals surface area contributed by atoms with Gasteiger partial charge in [-0.2, -0.15) is 0 Å². The van der Waals surface area contributed by atoms with Gasteiger partial charge < -0.3 is 4.90 Å². The van der Waals surface area contributed by atoms with Crippen molar-refractivity contribution in [1.29, 1.82) is 0 Å². The number of rotatable bonds is 3. The average Bonchev–Trinajstić information content (AvgIpc) is 2.08. The summed E-state index contributed by atoms with van der Waals surface area (Å²) in [5.74, 6) is 0.975. The number of carbonyl (C=O) groups is 1. The van der Waals surface area contributed by atoms with Gasteiger partial charge in [-0.05, 0) is 25.2 Å². The maximum atomic E-state index is 11.6. The van der Waals surface area contributed by atoms with Crippen LogP contribution in [0.15, 0.2) is 0 Å². The molecule has 0 aliphatic carbocycles. The van der Waals surface area contributed by atoms with E-state index in [0.29, 0.717) is 17.9 Å². The standard InChI is InChI=1S/C11H21NO/c1-4-8-12-10(9(2)3)6-5-7-11(12)13/h9-10H,4-8H2,1-3H3. The second-order valence-electron chi connectivity index (χ2n) is 4.29. The van der Waals surface area contributed by atoms with Crippen molar-refractivity contribution < 1.29 is 4.79 Å². The zero-order valence-electron chi connectivity index (χ0n) is 9.05. The maximum Gasteiger partial charge on any atom is 0.222 e. The predicted octanol–water partition coefficient (Wildman–Crippen LogP) is 2.43. The molecule has 1 saturated heterocycles. The van der Waals surface area contributed by atoms with Gasteiger partial charge in [0.05, 0.1) is 0 Å². The van der Waals surface area contributed by atoms with Crippen LogP contribution in [0.4, 0.5) is 0 Å². The minimum Gasteiger partial charge on any atom is -0.339 e. The van der Waals surface area contributed by atoms with E-state index in [1.165, 1.54) is 6.42 Å². The second-order valence-corrected chi connectivity index (χ2v) is 4.29. The molecule has 2 nitrogen and oxygen atoms in total. The van der Waals surface area contributed by atoms with Gasteiger partial charge in [-0.25, -0.2) is 0 Å². The highest BCUT2D eigenvalue weighted by atomic mass is 16.2. The highest BCUT2D eigenvalue weighted by molar-refractivity contribution is 5.77. The molecule has 0 aromatic heterocycles. The molecule has 76 valence electrons. The van der Waals surface area contributed by atoms with Crippen LogP contribution in [0.5, 0.6) is 0 Å². The van der Waals surface area contributed by atoms with E-state index in [0.717, 1.165) is 25.8 Å². The molecule has 13 heavy (non-hydrogen) atoms. The summed E-state index contributed by atoms with van der Waals surface area (Å²) in [5, 5.41) is 0. The van der Waals surface area contributed by atoms with Crippen molar-refractivity contribution in [3.63, 3.8) is 0 Å². The summed E-state index contributed by atoms with van der Waals surface area (Å²) in [6, 6.07) is 0.501. The molecule has 1 unspecified atom stereocenters. The van der Waals surface area contributed by atoms with Gasteiger partial charge in [0, 0.05) is 19.0 Å². The molecule has 1 rings (SSSR count). The molecule has 0 saturated carbocycles. The highest BCUT2D eigenvalue weighted by Crippen LogP contribution is 2.23. The van der Waals surface area contributed by atoms with Crippen molar-refractivity contribution >= 4 is 5.91 Å². The van der Waals surface area contributed by atoms with E-state index in [-0.39, 0.29) is 0 Å². The third-order valence-electron chi connectivity index (χ3n) is 2.85. The Morgan fingerprint density at radius 2 is 2.23 bits per heavy atom. The molecule has 1 aliphatic rings. The van der Waals surface area contributed by atoms with E-state index in [9.17, 15) is 4.79 Å². The van der Waals surface area contributed by atoms with Gasteiger partial charge in [-0.15, -0.1) is 0 Å². The van der Waals surface area contributed by atoms with Crippen LogP contribution in [0, 0.1) is 5.92 Å². The molecule has 2 heteroatoms. The molecule has 0 radical (unpaired) electrons. The van der Waals surface area contributed by atoms with E-state index in [4.69, 9.17) is 0 Å². The van der Waals surface area contributed by atoms with Crippen LogP contribution >= 0.6 is 0 Å². The minimum atomic E-state index is 0.367. The largest absolute Gasteiger partial charge is 0.339 e. The summed E-state index contributed by atoms with van der Waals surface area (Å²) in [5.41, 5.74) is 0. The fraction of sp³-hybridized carbons (Fsp3) is 0.909. The monoisotopic (exact) mass is 183 g/mol. The first-order valence-corrected chi connectivity index (χ1v) is 5.46. The first-order chi connectivity index (χ1) is 6.16. The number of piperidine rings is 1. The van der Waals surface area contributed by atoms with Crippen LogP contribution in [0.2, 0.25) is 0 Å². The first kappa shape index (κ1) is 10.6. The van der Waals surface area contributed by atoms with Gasteiger partial charge in [0.15, 0.2) is 0 Å². The average molecular weight is 183 g/mol. The predicted molar refractivity (Wildman–Crippen MR) is 54.5 cm³/mol. The third-order valence-corrected chi connectivity index (χ3v) is 2.85. The zero-order valence-corrected chi connectivity index (χ0v) is 9.05. The fourth-order valence-corrected chi connectivity index (χ4v) is 2.17. The Morgan fingerprint density at radius 1 is 1.54 bits per heavy atom. The van der Waals surface area contributed by atoms with E-state index in [1.807, 2.05) is 0 Å². The summed E-state index contributed by atoms with van der Waals surface area (Å²) in [4.78, 5) is 13.7. The Morgan fingerprint density at radius 3 is 2.77 bits per heavy atom. The lowest BCUT2D eigenvalue weighted by Gasteiger charge is -2.38. The summed E-state index contributed by atoms with van der Waals surface area (Å²) in [6.07, 6.45) is 4.13. The summed E-state index contributed by atoms with van der Waals surface area (Å²) < 4.78 is 0. The van der Waals surface area contributed by atoms with Crippen molar-refractivity contribution in [3.8, 4) is 0 Å². The summed E-state index contributed by atoms with van der Waals surface area (Å²) >= 11 is 0. The molecule has 1 heterocycles. The molecule has 1 atom stereocenters. The van der Waals surface area contributed by atoms with Crippen molar-refractivity contribution in [1.82, 2.24) is 4.90 Å². The summed E-state index contributed by atoms with van der Waals surface area (Å²) in [6.45, 7) is 7.51. The molecule has 0 N–H and O–H groups in total. The number of carbonyl (C=O) groups excluding carboxylic acids is 1. The van der Waals surface area contributed by atoms with E-state index in [1.54, 1.807) is 0 Å². The van der Waals surface area contributed by atoms with Gasteiger partial charge in [0.25, 0.3) is 0 Å². The number of nitrogens with zero attached hydrogens (tertiary/aromatic N) is 1. The first-order valence-electron chi connectivity index (χ1n) is 5.46. The van der Waals surface area contributed by atoms with E-state index in [2.05, 4.69) is 25.7 Å². The van der Waals surface area contributed by atoms with Crippen molar-refractivity contribution in [2.75, 3.05) is 6.54 Å². The van der Waals surface area contributed by atoms with E-state index >= 15 is 0 Å². The Kier molecular flexibility index (Phi) is 3.76. The van der Waals surface area contributed by atoms with Crippen molar-refractivity contribution in [2.24, 2.45) is 5.92 Å².